The Bertz CT molecular complexity index is 1100. The van der Waals surface area contributed by atoms with E-state index in [-0.39, 0.29) is 24.0 Å². The van der Waals surface area contributed by atoms with Gasteiger partial charge in [0.25, 0.3) is 5.91 Å². The van der Waals surface area contributed by atoms with Gasteiger partial charge in [-0.05, 0) is 57.2 Å². The van der Waals surface area contributed by atoms with Gasteiger partial charge >= 0.3 is 5.97 Å². The van der Waals surface area contributed by atoms with Crippen molar-refractivity contribution in [3.05, 3.63) is 42.1 Å². The molecule has 1 aliphatic rings. The van der Waals surface area contributed by atoms with Gasteiger partial charge in [-0.15, -0.1) is 0 Å². The lowest BCUT2D eigenvalue weighted by Gasteiger charge is -2.30. The molecule has 1 saturated heterocycles. The number of hydrogen-bond donors (Lipinski definition) is 1. The van der Waals surface area contributed by atoms with Crippen molar-refractivity contribution in [1.82, 2.24) is 14.1 Å². The van der Waals surface area contributed by atoms with E-state index in [1.807, 2.05) is 26.0 Å². The zero-order chi connectivity index (χ0) is 25.0. The molecule has 0 aliphatic carbocycles. The molecule has 1 aliphatic heterocycles. The highest BCUT2D eigenvalue weighted by molar-refractivity contribution is 7.89. The Morgan fingerprint density at radius 1 is 1.03 bits per heavy atom. The molecule has 34 heavy (non-hydrogen) atoms. The van der Waals surface area contributed by atoms with Crippen LogP contribution in [0.2, 0.25) is 0 Å². The van der Waals surface area contributed by atoms with Crippen molar-refractivity contribution in [2.24, 2.45) is 5.92 Å². The number of piperidine rings is 1. The van der Waals surface area contributed by atoms with Gasteiger partial charge in [0.05, 0.1) is 17.0 Å². The standard InChI is InChI=1S/C24H34N4O5S/c1-16(2)19-6-8-21(9-7-19)34(31,32)27-14-11-20(12-15-27)24(30)33-18(5)23(29)26-22-10-13-25-28(22)17(3)4/h6-10,13,16-18,20H,11-12,14-15H2,1-5H3,(H,26,29)/t18-/m0/s1. The van der Waals surface area contributed by atoms with Crippen molar-refractivity contribution in [2.75, 3.05) is 18.4 Å². The van der Waals surface area contributed by atoms with Gasteiger partial charge in [-0.25, -0.2) is 13.1 Å². The van der Waals surface area contributed by atoms with Gasteiger partial charge in [0, 0.05) is 25.2 Å². The summed E-state index contributed by atoms with van der Waals surface area (Å²) in [6.45, 7) is 9.96. The first kappa shape index (κ1) is 25.9. The number of benzene rings is 1. The molecule has 1 N–H and O–H groups in total. The Morgan fingerprint density at radius 3 is 2.21 bits per heavy atom. The number of ether oxygens (including phenoxy) is 1. The lowest BCUT2D eigenvalue weighted by molar-refractivity contribution is -0.158. The van der Waals surface area contributed by atoms with Crippen LogP contribution in [0.15, 0.2) is 41.4 Å². The van der Waals surface area contributed by atoms with Gasteiger partial charge in [-0.2, -0.15) is 9.40 Å². The highest BCUT2D eigenvalue weighted by atomic mass is 32.2. The average molecular weight is 491 g/mol. The number of esters is 1. The van der Waals surface area contributed by atoms with E-state index in [1.165, 1.54) is 11.2 Å². The van der Waals surface area contributed by atoms with Crippen LogP contribution in [0.4, 0.5) is 5.82 Å². The fourth-order valence-corrected chi connectivity index (χ4v) is 5.35. The number of amides is 1. The molecule has 0 unspecified atom stereocenters. The molecule has 0 bridgehead atoms. The van der Waals surface area contributed by atoms with Crippen molar-refractivity contribution in [3.63, 3.8) is 0 Å². The van der Waals surface area contributed by atoms with Crippen LogP contribution < -0.4 is 5.32 Å². The zero-order valence-corrected chi connectivity index (χ0v) is 21.2. The van der Waals surface area contributed by atoms with E-state index < -0.39 is 33.9 Å². The van der Waals surface area contributed by atoms with Crippen molar-refractivity contribution in [2.45, 2.75) is 70.4 Å². The summed E-state index contributed by atoms with van der Waals surface area (Å²) >= 11 is 0. The Labute approximate surface area is 201 Å². The topological polar surface area (TPSA) is 111 Å². The van der Waals surface area contributed by atoms with Crippen LogP contribution in [0.5, 0.6) is 0 Å². The van der Waals surface area contributed by atoms with Gasteiger partial charge < -0.3 is 10.1 Å². The van der Waals surface area contributed by atoms with Crippen LogP contribution in [0.25, 0.3) is 0 Å². The number of anilines is 1. The normalized spacial score (nSPS) is 16.6. The van der Waals surface area contributed by atoms with E-state index in [2.05, 4.69) is 24.3 Å². The lowest BCUT2D eigenvalue weighted by atomic mass is 9.98. The molecule has 0 radical (unpaired) electrons. The molecule has 1 aromatic carbocycles. The fraction of sp³-hybridized carbons (Fsp3) is 0.542. The van der Waals surface area contributed by atoms with Crippen molar-refractivity contribution < 1.29 is 22.7 Å². The van der Waals surface area contributed by atoms with E-state index >= 15 is 0 Å². The summed E-state index contributed by atoms with van der Waals surface area (Å²) in [6.07, 6.45) is 1.30. The van der Waals surface area contributed by atoms with Crippen LogP contribution in [0.3, 0.4) is 0 Å². The molecule has 3 rings (SSSR count). The minimum Gasteiger partial charge on any atom is -0.452 e. The molecule has 2 aromatic rings. The van der Waals surface area contributed by atoms with E-state index in [0.717, 1.165) is 5.56 Å². The van der Waals surface area contributed by atoms with Crippen LogP contribution in [-0.2, 0) is 24.3 Å². The van der Waals surface area contributed by atoms with E-state index in [1.54, 1.807) is 29.1 Å². The number of carbonyl (C=O) groups is 2. The molecule has 1 fully saturated rings. The number of carbonyl (C=O) groups excluding carboxylic acids is 2. The second-order valence-electron chi connectivity index (χ2n) is 9.23. The van der Waals surface area contributed by atoms with Crippen molar-refractivity contribution in [3.8, 4) is 0 Å². The molecular weight excluding hydrogens is 456 g/mol. The fourth-order valence-electron chi connectivity index (χ4n) is 3.88. The lowest BCUT2D eigenvalue weighted by Crippen LogP contribution is -2.41. The maximum Gasteiger partial charge on any atom is 0.309 e. The molecule has 2 heterocycles. The third-order valence-corrected chi connectivity index (χ3v) is 7.96. The van der Waals surface area contributed by atoms with E-state index in [0.29, 0.717) is 24.6 Å². The molecule has 10 heteroatoms. The summed E-state index contributed by atoms with van der Waals surface area (Å²) in [5.74, 6) is -0.534. The molecule has 0 spiro atoms. The first-order valence-corrected chi connectivity index (χ1v) is 13.1. The molecular formula is C24H34N4O5S. The van der Waals surface area contributed by atoms with Crippen molar-refractivity contribution in [1.29, 1.82) is 0 Å². The van der Waals surface area contributed by atoms with E-state index in [9.17, 15) is 18.0 Å². The summed E-state index contributed by atoms with van der Waals surface area (Å²) in [6, 6.07) is 8.69. The minimum atomic E-state index is -3.62. The van der Waals surface area contributed by atoms with Crippen LogP contribution in [0, 0.1) is 5.92 Å². The number of aromatic nitrogens is 2. The number of sulfonamides is 1. The zero-order valence-electron chi connectivity index (χ0n) is 20.4. The Morgan fingerprint density at radius 2 is 1.65 bits per heavy atom. The summed E-state index contributed by atoms with van der Waals surface area (Å²) < 4.78 is 34.4. The molecule has 0 saturated carbocycles. The van der Waals surface area contributed by atoms with Gasteiger partial charge in [-0.3, -0.25) is 9.59 Å². The first-order valence-electron chi connectivity index (χ1n) is 11.7. The maximum absolute atomic E-state index is 13.0. The predicted molar refractivity (Wildman–Crippen MR) is 129 cm³/mol. The second kappa shape index (κ2) is 10.7. The molecule has 1 atom stereocenters. The summed E-state index contributed by atoms with van der Waals surface area (Å²) in [7, 11) is -3.62. The Hall–Kier alpha value is -2.72. The van der Waals surface area contributed by atoms with Crippen LogP contribution in [-0.4, -0.2) is 53.6 Å². The summed E-state index contributed by atoms with van der Waals surface area (Å²) in [4.78, 5) is 25.4. The third-order valence-electron chi connectivity index (χ3n) is 6.04. The summed E-state index contributed by atoms with van der Waals surface area (Å²) in [5, 5.41) is 6.90. The van der Waals surface area contributed by atoms with Gasteiger partial charge in [0.15, 0.2) is 6.10 Å². The molecule has 9 nitrogen and oxygen atoms in total. The van der Waals surface area contributed by atoms with Crippen molar-refractivity contribution >= 4 is 27.7 Å². The second-order valence-corrected chi connectivity index (χ2v) is 11.2. The highest BCUT2D eigenvalue weighted by Crippen LogP contribution is 2.26. The summed E-state index contributed by atoms with van der Waals surface area (Å²) in [5.41, 5.74) is 1.08. The monoisotopic (exact) mass is 490 g/mol. The SMILES string of the molecule is CC(C)c1ccc(S(=O)(=O)N2CCC(C(=O)O[C@@H](C)C(=O)Nc3ccnn3C(C)C)CC2)cc1. The van der Waals surface area contributed by atoms with Gasteiger partial charge in [0.2, 0.25) is 10.0 Å². The molecule has 1 amide bonds. The number of nitrogens with zero attached hydrogens (tertiary/aromatic N) is 3. The first-order chi connectivity index (χ1) is 16.0. The Kier molecular flexibility index (Phi) is 8.14. The molecule has 1 aromatic heterocycles. The smallest absolute Gasteiger partial charge is 0.309 e. The number of hydrogen-bond acceptors (Lipinski definition) is 6. The number of nitrogens with one attached hydrogen (secondary N) is 1. The Balaban J connectivity index is 1.53. The van der Waals surface area contributed by atoms with Gasteiger partial charge in [0.1, 0.15) is 5.82 Å². The maximum atomic E-state index is 13.0. The molecule has 186 valence electrons. The predicted octanol–water partition coefficient (Wildman–Crippen LogP) is 3.56. The van der Waals surface area contributed by atoms with Crippen LogP contribution in [0.1, 0.15) is 65.0 Å². The largest absolute Gasteiger partial charge is 0.452 e. The van der Waals surface area contributed by atoms with Crippen LogP contribution >= 0.6 is 0 Å². The highest BCUT2D eigenvalue weighted by Gasteiger charge is 2.34. The quantitative estimate of drug-likeness (QED) is 0.567. The minimum absolute atomic E-state index is 0.0674. The van der Waals surface area contributed by atoms with E-state index in [4.69, 9.17) is 4.74 Å². The van der Waals surface area contributed by atoms with Gasteiger partial charge in [-0.1, -0.05) is 26.0 Å². The number of rotatable bonds is 8. The average Bonchev–Trinajstić information content (AvgIpc) is 3.27. The third kappa shape index (κ3) is 5.85.